The molecule has 0 aliphatic carbocycles. The number of amides is 1. The SMILES string of the molecule is Cc1ccc(F)cc1Cn1c(C(=O)NS(C)(=O)=O)c(-c2ccc[nH]c2=O)c2cc(Cl)ccc21. The van der Waals surface area contributed by atoms with Crippen molar-refractivity contribution in [3.8, 4) is 11.1 Å². The number of carbonyl (C=O) groups excluding carboxylic acids is 1. The van der Waals surface area contributed by atoms with Gasteiger partial charge in [0, 0.05) is 39.8 Å². The Bertz CT molecular complexity index is 1570. The second kappa shape index (κ2) is 8.49. The van der Waals surface area contributed by atoms with E-state index in [0.717, 1.165) is 11.8 Å². The molecule has 0 atom stereocenters. The van der Waals surface area contributed by atoms with Gasteiger partial charge in [-0.05, 0) is 60.5 Å². The van der Waals surface area contributed by atoms with Crippen LogP contribution in [-0.2, 0) is 16.6 Å². The second-order valence-corrected chi connectivity index (χ2v) is 9.84. The van der Waals surface area contributed by atoms with Crippen molar-refractivity contribution in [3.63, 3.8) is 0 Å². The minimum atomic E-state index is -3.92. The Balaban J connectivity index is 2.10. The Morgan fingerprint density at radius 1 is 1.18 bits per heavy atom. The molecule has 10 heteroatoms. The Kier molecular flexibility index (Phi) is 5.85. The fraction of sp³-hybridized carbons (Fsp3) is 0.130. The number of fused-ring (bicyclic) bond motifs is 1. The van der Waals surface area contributed by atoms with Crippen LogP contribution in [0.2, 0.25) is 5.02 Å². The van der Waals surface area contributed by atoms with Gasteiger partial charge < -0.3 is 9.55 Å². The van der Waals surface area contributed by atoms with Crippen molar-refractivity contribution in [2.45, 2.75) is 13.5 Å². The number of rotatable bonds is 5. The Labute approximate surface area is 193 Å². The number of nitrogens with zero attached hydrogens (tertiary/aromatic N) is 1. The molecule has 0 unspecified atom stereocenters. The van der Waals surface area contributed by atoms with E-state index < -0.39 is 27.3 Å². The number of sulfonamides is 1. The van der Waals surface area contributed by atoms with E-state index in [1.807, 2.05) is 4.72 Å². The summed E-state index contributed by atoms with van der Waals surface area (Å²) in [5.41, 5.74) is 1.76. The molecule has 0 saturated carbocycles. The lowest BCUT2D eigenvalue weighted by Crippen LogP contribution is -2.32. The van der Waals surface area contributed by atoms with Crippen LogP contribution in [0.4, 0.5) is 4.39 Å². The Morgan fingerprint density at radius 3 is 2.64 bits per heavy atom. The topological polar surface area (TPSA) is 101 Å². The molecule has 2 N–H and O–H groups in total. The molecular formula is C23H19ClFN3O4S. The van der Waals surface area contributed by atoms with Crippen LogP contribution in [-0.4, -0.2) is 30.1 Å². The van der Waals surface area contributed by atoms with Gasteiger partial charge in [-0.2, -0.15) is 0 Å². The number of halogens is 2. The molecule has 4 aromatic rings. The van der Waals surface area contributed by atoms with Crippen LogP contribution < -0.4 is 10.3 Å². The zero-order valence-electron chi connectivity index (χ0n) is 17.6. The van der Waals surface area contributed by atoms with Gasteiger partial charge in [0.25, 0.3) is 11.5 Å². The minimum absolute atomic E-state index is 0.0545. The quantitative estimate of drug-likeness (QED) is 0.446. The number of nitrogens with one attached hydrogen (secondary N) is 2. The summed E-state index contributed by atoms with van der Waals surface area (Å²) in [5, 5.41) is 0.845. The third-order valence-electron chi connectivity index (χ3n) is 5.25. The highest BCUT2D eigenvalue weighted by molar-refractivity contribution is 7.89. The number of carbonyl (C=O) groups is 1. The summed E-state index contributed by atoms with van der Waals surface area (Å²) in [6.07, 6.45) is 2.31. The fourth-order valence-electron chi connectivity index (χ4n) is 3.82. The lowest BCUT2D eigenvalue weighted by molar-refractivity contribution is 0.0974. The molecule has 33 heavy (non-hydrogen) atoms. The zero-order valence-corrected chi connectivity index (χ0v) is 19.2. The maximum atomic E-state index is 14.0. The molecule has 0 fully saturated rings. The first-order valence-electron chi connectivity index (χ1n) is 9.82. The molecule has 2 aromatic carbocycles. The van der Waals surface area contributed by atoms with Gasteiger partial charge in [0.15, 0.2) is 0 Å². The van der Waals surface area contributed by atoms with Crippen LogP contribution in [0.15, 0.2) is 59.5 Å². The van der Waals surface area contributed by atoms with E-state index in [9.17, 15) is 22.4 Å². The molecule has 0 radical (unpaired) electrons. The second-order valence-electron chi connectivity index (χ2n) is 7.66. The average molecular weight is 488 g/mol. The van der Waals surface area contributed by atoms with E-state index in [4.69, 9.17) is 11.6 Å². The minimum Gasteiger partial charge on any atom is -0.331 e. The van der Waals surface area contributed by atoms with Crippen LogP contribution in [0.1, 0.15) is 21.6 Å². The molecule has 2 heterocycles. The van der Waals surface area contributed by atoms with Crippen molar-refractivity contribution >= 4 is 38.4 Å². The monoisotopic (exact) mass is 487 g/mol. The first kappa shape index (κ1) is 22.8. The summed E-state index contributed by atoms with van der Waals surface area (Å²) >= 11 is 6.23. The van der Waals surface area contributed by atoms with Crippen molar-refractivity contribution in [3.05, 3.63) is 92.7 Å². The summed E-state index contributed by atoms with van der Waals surface area (Å²) < 4.78 is 41.3. The number of benzene rings is 2. The predicted octanol–water partition coefficient (Wildman–Crippen LogP) is 3.84. The average Bonchev–Trinajstić information content (AvgIpc) is 3.03. The highest BCUT2D eigenvalue weighted by Gasteiger charge is 2.27. The van der Waals surface area contributed by atoms with Crippen LogP contribution in [0, 0.1) is 12.7 Å². The molecule has 170 valence electrons. The standard InChI is InChI=1S/C23H19ClFN3O4S/c1-13-5-7-16(25)10-14(13)12-28-19-8-6-15(24)11-18(19)20(17-4-3-9-26-22(17)29)21(28)23(30)27-33(2,31)32/h3-11H,12H2,1-2H3,(H,26,29)(H,27,30). The summed E-state index contributed by atoms with van der Waals surface area (Å²) in [6, 6.07) is 12.3. The third kappa shape index (κ3) is 4.55. The number of hydrogen-bond acceptors (Lipinski definition) is 4. The number of pyridine rings is 1. The molecule has 0 spiro atoms. The summed E-state index contributed by atoms with van der Waals surface area (Å²) in [7, 11) is -3.92. The van der Waals surface area contributed by atoms with Gasteiger partial charge in [-0.3, -0.25) is 9.59 Å². The van der Waals surface area contributed by atoms with Gasteiger partial charge in [-0.25, -0.2) is 17.5 Å². The van der Waals surface area contributed by atoms with Gasteiger partial charge in [-0.1, -0.05) is 17.7 Å². The number of H-pyrrole nitrogens is 1. The maximum Gasteiger partial charge on any atom is 0.282 e. The largest absolute Gasteiger partial charge is 0.331 e. The number of aromatic nitrogens is 2. The van der Waals surface area contributed by atoms with E-state index in [1.54, 1.807) is 41.8 Å². The van der Waals surface area contributed by atoms with Gasteiger partial charge in [0.2, 0.25) is 10.0 Å². The highest BCUT2D eigenvalue weighted by Crippen LogP contribution is 2.36. The first-order valence-corrected chi connectivity index (χ1v) is 12.1. The van der Waals surface area contributed by atoms with E-state index in [2.05, 4.69) is 4.98 Å². The lowest BCUT2D eigenvalue weighted by Gasteiger charge is -2.14. The fourth-order valence-corrected chi connectivity index (χ4v) is 4.42. The molecule has 0 aliphatic rings. The molecule has 0 bridgehead atoms. The molecule has 2 aromatic heterocycles. The van der Waals surface area contributed by atoms with E-state index in [-0.39, 0.29) is 23.4 Å². The molecular weight excluding hydrogens is 469 g/mol. The maximum absolute atomic E-state index is 14.0. The Hall–Kier alpha value is -3.43. The van der Waals surface area contributed by atoms with E-state index in [1.165, 1.54) is 24.4 Å². The number of aromatic amines is 1. The molecule has 0 saturated heterocycles. The van der Waals surface area contributed by atoms with E-state index >= 15 is 0 Å². The number of aryl methyl sites for hydroxylation is 1. The summed E-state index contributed by atoms with van der Waals surface area (Å²) in [6.45, 7) is 1.86. The van der Waals surface area contributed by atoms with Gasteiger partial charge in [-0.15, -0.1) is 0 Å². The number of hydrogen-bond donors (Lipinski definition) is 2. The van der Waals surface area contributed by atoms with Gasteiger partial charge >= 0.3 is 0 Å². The lowest BCUT2D eigenvalue weighted by atomic mass is 10.0. The third-order valence-corrected chi connectivity index (χ3v) is 6.04. The molecule has 1 amide bonds. The summed E-state index contributed by atoms with van der Waals surface area (Å²) in [5.74, 6) is -1.37. The van der Waals surface area contributed by atoms with Crippen molar-refractivity contribution in [2.75, 3.05) is 6.26 Å². The van der Waals surface area contributed by atoms with Crippen molar-refractivity contribution in [1.29, 1.82) is 0 Å². The molecule has 4 rings (SSSR count). The van der Waals surface area contributed by atoms with Crippen LogP contribution >= 0.6 is 11.6 Å². The molecule has 7 nitrogen and oxygen atoms in total. The first-order chi connectivity index (χ1) is 15.5. The van der Waals surface area contributed by atoms with Gasteiger partial charge in [0.05, 0.1) is 6.26 Å². The predicted molar refractivity (Wildman–Crippen MR) is 126 cm³/mol. The van der Waals surface area contributed by atoms with E-state index in [0.29, 0.717) is 21.5 Å². The summed E-state index contributed by atoms with van der Waals surface area (Å²) in [4.78, 5) is 28.5. The van der Waals surface area contributed by atoms with Crippen LogP contribution in [0.25, 0.3) is 22.0 Å². The smallest absolute Gasteiger partial charge is 0.282 e. The molecule has 0 aliphatic heterocycles. The van der Waals surface area contributed by atoms with Crippen molar-refractivity contribution in [1.82, 2.24) is 14.3 Å². The van der Waals surface area contributed by atoms with Crippen LogP contribution in [0.5, 0.6) is 0 Å². The normalized spacial score (nSPS) is 11.6. The van der Waals surface area contributed by atoms with Crippen molar-refractivity contribution in [2.24, 2.45) is 0 Å². The van der Waals surface area contributed by atoms with Crippen molar-refractivity contribution < 1.29 is 17.6 Å². The van der Waals surface area contributed by atoms with Gasteiger partial charge in [0.1, 0.15) is 11.5 Å². The highest BCUT2D eigenvalue weighted by atomic mass is 35.5. The Morgan fingerprint density at radius 2 is 1.94 bits per heavy atom. The zero-order chi connectivity index (χ0) is 23.9. The van der Waals surface area contributed by atoms with Crippen LogP contribution in [0.3, 0.4) is 0 Å².